The van der Waals surface area contributed by atoms with Gasteiger partial charge < -0.3 is 15.7 Å². The van der Waals surface area contributed by atoms with Gasteiger partial charge in [0.1, 0.15) is 5.00 Å². The summed E-state index contributed by atoms with van der Waals surface area (Å²) >= 11 is 1.44. The summed E-state index contributed by atoms with van der Waals surface area (Å²) in [5.41, 5.74) is 7.08. The second-order valence-corrected chi connectivity index (χ2v) is 5.55. The Morgan fingerprint density at radius 3 is 2.81 bits per heavy atom. The van der Waals surface area contributed by atoms with Gasteiger partial charge in [0.25, 0.3) is 0 Å². The highest BCUT2D eigenvalue weighted by molar-refractivity contribution is 7.16. The number of nitrogen functional groups attached to an aromatic ring is 1. The van der Waals surface area contributed by atoms with Gasteiger partial charge in [-0.2, -0.15) is 0 Å². The fourth-order valence-electron chi connectivity index (χ4n) is 2.27. The molecule has 0 bridgehead atoms. The van der Waals surface area contributed by atoms with Crippen molar-refractivity contribution in [2.45, 2.75) is 25.3 Å². The van der Waals surface area contributed by atoms with Gasteiger partial charge in [-0.3, -0.25) is 0 Å². The first-order valence-corrected chi connectivity index (χ1v) is 6.12. The monoisotopic (exact) mass is 240 g/mol. The Balaban J connectivity index is 2.35. The first kappa shape index (κ1) is 11.4. The molecule has 0 fully saturated rings. The Morgan fingerprint density at radius 1 is 1.56 bits per heavy atom. The van der Waals surface area contributed by atoms with Crippen molar-refractivity contribution in [3.05, 3.63) is 16.0 Å². The molecule has 0 saturated carbocycles. The molecule has 0 radical (unpaired) electrons. The summed E-state index contributed by atoms with van der Waals surface area (Å²) in [6, 6.07) is 0.507. The minimum absolute atomic E-state index is 0.345. The summed E-state index contributed by atoms with van der Waals surface area (Å²) in [6.07, 6.45) is 2.76. The first-order valence-electron chi connectivity index (χ1n) is 5.30. The van der Waals surface area contributed by atoms with Crippen LogP contribution >= 0.6 is 11.3 Å². The van der Waals surface area contributed by atoms with Crippen molar-refractivity contribution >= 4 is 22.3 Å². The van der Waals surface area contributed by atoms with E-state index in [2.05, 4.69) is 19.0 Å². The smallest absolute Gasteiger partial charge is 0.338 e. The Labute approximate surface area is 98.7 Å². The number of likely N-dealkylation sites (N-methyl/N-ethyl adjacent to an activating group) is 1. The van der Waals surface area contributed by atoms with Crippen LogP contribution in [0.15, 0.2) is 0 Å². The molecule has 88 valence electrons. The average molecular weight is 240 g/mol. The van der Waals surface area contributed by atoms with Gasteiger partial charge in [0, 0.05) is 10.9 Å². The number of aromatic carboxylic acids is 1. The second-order valence-electron chi connectivity index (χ2n) is 4.41. The van der Waals surface area contributed by atoms with E-state index in [-0.39, 0.29) is 0 Å². The molecule has 1 aliphatic carbocycles. The summed E-state index contributed by atoms with van der Waals surface area (Å²) in [7, 11) is 4.12. The van der Waals surface area contributed by atoms with Crippen LogP contribution in [0.1, 0.15) is 27.2 Å². The van der Waals surface area contributed by atoms with E-state index in [0.29, 0.717) is 16.6 Å². The first-order chi connectivity index (χ1) is 7.50. The molecular formula is C11H16N2O2S. The fraction of sp³-hybridized carbons (Fsp3) is 0.545. The summed E-state index contributed by atoms with van der Waals surface area (Å²) in [5.74, 6) is -0.890. The Kier molecular flexibility index (Phi) is 2.90. The summed E-state index contributed by atoms with van der Waals surface area (Å²) in [4.78, 5) is 14.4. The number of nitrogens with zero attached hydrogens (tertiary/aromatic N) is 1. The molecule has 0 spiro atoms. The van der Waals surface area contributed by atoms with Crippen LogP contribution in [-0.4, -0.2) is 36.1 Å². The van der Waals surface area contributed by atoms with Crippen LogP contribution in [0.3, 0.4) is 0 Å². The van der Waals surface area contributed by atoms with Gasteiger partial charge in [-0.25, -0.2) is 4.79 Å². The van der Waals surface area contributed by atoms with Gasteiger partial charge in [0.05, 0.1) is 5.56 Å². The number of carbonyl (C=O) groups is 1. The van der Waals surface area contributed by atoms with Gasteiger partial charge in [-0.1, -0.05) is 0 Å². The van der Waals surface area contributed by atoms with E-state index in [9.17, 15) is 4.79 Å². The third kappa shape index (κ3) is 1.81. The lowest BCUT2D eigenvalue weighted by Gasteiger charge is -2.28. The van der Waals surface area contributed by atoms with Gasteiger partial charge >= 0.3 is 5.97 Å². The molecule has 0 aliphatic heterocycles. The Hall–Kier alpha value is -1.07. The number of hydrogen-bond donors (Lipinski definition) is 2. The molecule has 1 aliphatic rings. The van der Waals surface area contributed by atoms with E-state index < -0.39 is 5.97 Å². The second kappa shape index (κ2) is 4.07. The highest BCUT2D eigenvalue weighted by Crippen LogP contribution is 2.36. The zero-order valence-corrected chi connectivity index (χ0v) is 10.3. The molecule has 1 unspecified atom stereocenters. The topological polar surface area (TPSA) is 66.6 Å². The molecule has 5 heteroatoms. The predicted octanol–water partition coefficient (Wildman–Crippen LogP) is 1.45. The average Bonchev–Trinajstić information content (AvgIpc) is 2.51. The van der Waals surface area contributed by atoms with Gasteiger partial charge in [-0.15, -0.1) is 11.3 Å². The van der Waals surface area contributed by atoms with E-state index >= 15 is 0 Å². The van der Waals surface area contributed by atoms with E-state index in [1.54, 1.807) is 0 Å². The lowest BCUT2D eigenvalue weighted by atomic mass is 9.91. The van der Waals surface area contributed by atoms with E-state index in [4.69, 9.17) is 10.8 Å². The number of carboxylic acid groups (broad SMARTS) is 1. The predicted molar refractivity (Wildman–Crippen MR) is 65.2 cm³/mol. The van der Waals surface area contributed by atoms with Gasteiger partial charge in [0.15, 0.2) is 0 Å². The number of nitrogens with two attached hydrogens (primary N) is 1. The Bertz CT molecular complexity index is 426. The molecule has 1 heterocycles. The fourth-order valence-corrected chi connectivity index (χ4v) is 3.45. The number of fused-ring (bicyclic) bond motifs is 1. The van der Waals surface area contributed by atoms with Crippen LogP contribution in [0.25, 0.3) is 0 Å². The van der Waals surface area contributed by atoms with E-state index in [0.717, 1.165) is 29.7 Å². The van der Waals surface area contributed by atoms with Crippen LogP contribution in [0.2, 0.25) is 0 Å². The van der Waals surface area contributed by atoms with E-state index in [1.165, 1.54) is 11.3 Å². The van der Waals surface area contributed by atoms with Gasteiger partial charge in [-0.05, 0) is 38.9 Å². The maximum absolute atomic E-state index is 11.1. The number of rotatable bonds is 2. The molecule has 1 atom stereocenters. The highest BCUT2D eigenvalue weighted by atomic mass is 32.1. The number of carboxylic acids is 1. The Morgan fingerprint density at radius 2 is 2.25 bits per heavy atom. The molecular weight excluding hydrogens is 224 g/mol. The largest absolute Gasteiger partial charge is 0.478 e. The summed E-state index contributed by atoms with van der Waals surface area (Å²) in [5, 5.41) is 9.56. The van der Waals surface area contributed by atoms with Crippen molar-refractivity contribution in [3.63, 3.8) is 0 Å². The SMILES string of the molecule is CN(C)C1CCc2c(sc(N)c2C(=O)O)C1. The van der Waals surface area contributed by atoms with Crippen LogP contribution in [0.4, 0.5) is 5.00 Å². The summed E-state index contributed by atoms with van der Waals surface area (Å²) in [6.45, 7) is 0. The molecule has 2 rings (SSSR count). The van der Waals surface area contributed by atoms with Crippen LogP contribution < -0.4 is 5.73 Å². The minimum atomic E-state index is -0.890. The molecule has 1 aromatic rings. The molecule has 16 heavy (non-hydrogen) atoms. The molecule has 1 aromatic heterocycles. The summed E-state index contributed by atoms with van der Waals surface area (Å²) < 4.78 is 0. The van der Waals surface area contributed by atoms with Crippen LogP contribution in [-0.2, 0) is 12.8 Å². The molecule has 4 nitrogen and oxygen atoms in total. The van der Waals surface area contributed by atoms with Crippen LogP contribution in [0.5, 0.6) is 0 Å². The van der Waals surface area contributed by atoms with Crippen molar-refractivity contribution in [3.8, 4) is 0 Å². The normalized spacial score (nSPS) is 19.8. The number of thiophene rings is 1. The van der Waals surface area contributed by atoms with Gasteiger partial charge in [0.2, 0.25) is 0 Å². The van der Waals surface area contributed by atoms with Crippen molar-refractivity contribution < 1.29 is 9.90 Å². The molecule has 3 N–H and O–H groups in total. The zero-order chi connectivity index (χ0) is 11.9. The highest BCUT2D eigenvalue weighted by Gasteiger charge is 2.28. The van der Waals surface area contributed by atoms with E-state index in [1.807, 2.05) is 0 Å². The standard InChI is InChI=1S/C11H16N2O2S/c1-13(2)6-3-4-7-8(5-6)16-10(12)9(7)11(14)15/h6H,3-5,12H2,1-2H3,(H,14,15). The minimum Gasteiger partial charge on any atom is -0.478 e. The molecule has 0 saturated heterocycles. The third-order valence-electron chi connectivity index (χ3n) is 3.21. The lowest BCUT2D eigenvalue weighted by molar-refractivity contribution is 0.0697. The van der Waals surface area contributed by atoms with Crippen molar-refractivity contribution in [1.29, 1.82) is 0 Å². The lowest BCUT2D eigenvalue weighted by Crippen LogP contribution is -2.33. The zero-order valence-electron chi connectivity index (χ0n) is 9.49. The maximum atomic E-state index is 11.1. The number of anilines is 1. The number of hydrogen-bond acceptors (Lipinski definition) is 4. The third-order valence-corrected chi connectivity index (χ3v) is 4.29. The maximum Gasteiger partial charge on any atom is 0.338 e. The van der Waals surface area contributed by atoms with Crippen molar-refractivity contribution in [2.75, 3.05) is 19.8 Å². The van der Waals surface area contributed by atoms with Crippen LogP contribution in [0, 0.1) is 0 Å². The molecule has 0 aromatic carbocycles. The quantitative estimate of drug-likeness (QED) is 0.821. The van der Waals surface area contributed by atoms with Crippen molar-refractivity contribution in [2.24, 2.45) is 0 Å². The van der Waals surface area contributed by atoms with Crippen molar-refractivity contribution in [1.82, 2.24) is 4.90 Å². The molecule has 0 amide bonds.